The van der Waals surface area contributed by atoms with Crippen LogP contribution in [0.25, 0.3) is 0 Å². The number of benzene rings is 1. The number of rotatable bonds is 4. The highest BCUT2D eigenvalue weighted by Gasteiger charge is 2.18. The van der Waals surface area contributed by atoms with Crippen LogP contribution >= 0.6 is 0 Å². The van der Waals surface area contributed by atoms with Crippen molar-refractivity contribution in [3.05, 3.63) is 29.8 Å². The van der Waals surface area contributed by atoms with E-state index in [2.05, 4.69) is 0 Å². The van der Waals surface area contributed by atoms with Crippen molar-refractivity contribution < 1.29 is 13.2 Å². The van der Waals surface area contributed by atoms with Gasteiger partial charge in [0.05, 0.1) is 11.9 Å². The maximum absolute atomic E-state index is 11.5. The van der Waals surface area contributed by atoms with E-state index in [0.717, 1.165) is 16.1 Å². The lowest BCUT2D eigenvalue weighted by molar-refractivity contribution is -0.116. The predicted molar refractivity (Wildman–Crippen MR) is 62.6 cm³/mol. The monoisotopic (exact) mass is 242 g/mol. The predicted octanol–water partition coefficient (Wildman–Crippen LogP) is 0.246. The molecule has 16 heavy (non-hydrogen) atoms. The van der Waals surface area contributed by atoms with Gasteiger partial charge in [0, 0.05) is 0 Å². The maximum Gasteiger partial charge on any atom is 0.238 e. The molecule has 1 rings (SSSR count). The fourth-order valence-corrected chi connectivity index (χ4v) is 2.12. The van der Waals surface area contributed by atoms with E-state index in [1.54, 1.807) is 24.3 Å². The van der Waals surface area contributed by atoms with Gasteiger partial charge in [-0.25, -0.2) is 8.42 Å². The van der Waals surface area contributed by atoms with Gasteiger partial charge >= 0.3 is 0 Å². The number of hydrogen-bond acceptors (Lipinski definition) is 3. The molecule has 6 heteroatoms. The average molecular weight is 242 g/mol. The third kappa shape index (κ3) is 3.23. The lowest BCUT2D eigenvalue weighted by Crippen LogP contribution is -2.37. The highest BCUT2D eigenvalue weighted by atomic mass is 32.2. The first-order valence-electron chi connectivity index (χ1n) is 4.63. The third-order valence-corrected chi connectivity index (χ3v) is 3.16. The van der Waals surface area contributed by atoms with Crippen molar-refractivity contribution in [3.8, 4) is 0 Å². The zero-order valence-corrected chi connectivity index (χ0v) is 9.99. The van der Waals surface area contributed by atoms with Crippen LogP contribution in [0.4, 0.5) is 5.69 Å². The lowest BCUT2D eigenvalue weighted by atomic mass is 10.2. The van der Waals surface area contributed by atoms with E-state index in [1.807, 2.05) is 6.92 Å². The van der Waals surface area contributed by atoms with Crippen LogP contribution in [0.5, 0.6) is 0 Å². The fraction of sp³-hybridized carbons (Fsp3) is 0.300. The van der Waals surface area contributed by atoms with Gasteiger partial charge in [0.25, 0.3) is 0 Å². The molecular formula is C10H14N2O3S. The summed E-state index contributed by atoms with van der Waals surface area (Å²) in [6, 6.07) is 6.82. The molecule has 0 fully saturated rings. The van der Waals surface area contributed by atoms with Crippen molar-refractivity contribution >= 4 is 21.6 Å². The van der Waals surface area contributed by atoms with Gasteiger partial charge < -0.3 is 5.73 Å². The number of primary amides is 1. The number of carbonyl (C=O) groups is 1. The van der Waals surface area contributed by atoms with E-state index in [1.165, 1.54) is 0 Å². The number of nitrogens with zero attached hydrogens (tertiary/aromatic N) is 1. The largest absolute Gasteiger partial charge is 0.368 e. The zero-order valence-electron chi connectivity index (χ0n) is 9.17. The van der Waals surface area contributed by atoms with Crippen molar-refractivity contribution in [1.29, 1.82) is 0 Å². The first-order chi connectivity index (χ1) is 7.30. The first kappa shape index (κ1) is 12.5. The Morgan fingerprint density at radius 3 is 2.19 bits per heavy atom. The van der Waals surface area contributed by atoms with Gasteiger partial charge in [-0.3, -0.25) is 9.10 Å². The molecule has 0 radical (unpaired) electrons. The Morgan fingerprint density at radius 1 is 1.31 bits per heavy atom. The van der Waals surface area contributed by atoms with Gasteiger partial charge in [-0.2, -0.15) is 0 Å². The van der Waals surface area contributed by atoms with Crippen LogP contribution < -0.4 is 10.0 Å². The molecular weight excluding hydrogens is 228 g/mol. The van der Waals surface area contributed by atoms with Gasteiger partial charge in [-0.15, -0.1) is 0 Å². The van der Waals surface area contributed by atoms with Crippen molar-refractivity contribution in [1.82, 2.24) is 0 Å². The van der Waals surface area contributed by atoms with E-state index in [4.69, 9.17) is 5.73 Å². The summed E-state index contributed by atoms with van der Waals surface area (Å²) in [5, 5.41) is 0. The molecule has 1 amide bonds. The summed E-state index contributed by atoms with van der Waals surface area (Å²) in [4.78, 5) is 10.8. The summed E-state index contributed by atoms with van der Waals surface area (Å²) in [5.74, 6) is -0.689. The van der Waals surface area contributed by atoms with Gasteiger partial charge in [0.15, 0.2) is 0 Å². The standard InChI is InChI=1S/C10H14N2O3S/c1-8-3-5-9(6-4-8)12(7-10(11)13)16(2,14)15/h3-6H,7H2,1-2H3,(H2,11,13). The minimum atomic E-state index is -3.49. The number of nitrogens with two attached hydrogens (primary N) is 1. The molecule has 0 aliphatic carbocycles. The summed E-state index contributed by atoms with van der Waals surface area (Å²) in [6.07, 6.45) is 1.04. The SMILES string of the molecule is Cc1ccc(N(CC(N)=O)S(C)(=O)=O)cc1. The number of anilines is 1. The van der Waals surface area contributed by atoms with Crippen LogP contribution in [-0.2, 0) is 14.8 Å². The topological polar surface area (TPSA) is 80.5 Å². The minimum absolute atomic E-state index is 0.345. The Labute approximate surface area is 94.9 Å². The Morgan fingerprint density at radius 2 is 1.81 bits per heavy atom. The molecule has 1 aromatic rings. The quantitative estimate of drug-likeness (QED) is 0.821. The van der Waals surface area contributed by atoms with E-state index in [0.29, 0.717) is 5.69 Å². The molecule has 2 N–H and O–H groups in total. The third-order valence-electron chi connectivity index (χ3n) is 2.02. The molecule has 0 atom stereocenters. The molecule has 0 bridgehead atoms. The molecule has 1 aromatic carbocycles. The Hall–Kier alpha value is -1.56. The molecule has 0 aromatic heterocycles. The Kier molecular flexibility index (Phi) is 3.54. The van der Waals surface area contributed by atoms with E-state index >= 15 is 0 Å². The number of sulfonamides is 1. The van der Waals surface area contributed by atoms with Crippen LogP contribution in [0.3, 0.4) is 0 Å². The summed E-state index contributed by atoms with van der Waals surface area (Å²) >= 11 is 0. The smallest absolute Gasteiger partial charge is 0.238 e. The number of aryl methyl sites for hydroxylation is 1. The van der Waals surface area contributed by atoms with Crippen LogP contribution in [0, 0.1) is 6.92 Å². The van der Waals surface area contributed by atoms with E-state index < -0.39 is 15.9 Å². The fourth-order valence-electron chi connectivity index (χ4n) is 1.25. The van der Waals surface area contributed by atoms with E-state index in [9.17, 15) is 13.2 Å². The van der Waals surface area contributed by atoms with Gasteiger partial charge in [0.1, 0.15) is 6.54 Å². The number of amides is 1. The molecule has 0 spiro atoms. The number of carbonyl (C=O) groups excluding carboxylic acids is 1. The van der Waals surface area contributed by atoms with Crippen molar-refractivity contribution in [2.75, 3.05) is 17.1 Å². The van der Waals surface area contributed by atoms with Crippen LogP contribution in [0.2, 0.25) is 0 Å². The second kappa shape index (κ2) is 4.52. The highest BCUT2D eigenvalue weighted by Crippen LogP contribution is 2.17. The highest BCUT2D eigenvalue weighted by molar-refractivity contribution is 7.92. The molecule has 0 aliphatic rings. The van der Waals surface area contributed by atoms with Gasteiger partial charge in [-0.05, 0) is 19.1 Å². The Balaban J connectivity index is 3.11. The normalized spacial score (nSPS) is 11.1. The van der Waals surface area contributed by atoms with Crippen LogP contribution in [0.15, 0.2) is 24.3 Å². The van der Waals surface area contributed by atoms with Crippen LogP contribution in [0.1, 0.15) is 5.56 Å². The van der Waals surface area contributed by atoms with Gasteiger partial charge in [-0.1, -0.05) is 17.7 Å². The van der Waals surface area contributed by atoms with Crippen molar-refractivity contribution in [3.63, 3.8) is 0 Å². The molecule has 88 valence electrons. The second-order valence-electron chi connectivity index (χ2n) is 3.57. The minimum Gasteiger partial charge on any atom is -0.368 e. The van der Waals surface area contributed by atoms with Crippen molar-refractivity contribution in [2.24, 2.45) is 5.73 Å². The Bertz CT molecular complexity index is 479. The van der Waals surface area contributed by atoms with Crippen molar-refractivity contribution in [2.45, 2.75) is 6.92 Å². The molecule has 0 saturated heterocycles. The van der Waals surface area contributed by atoms with E-state index in [-0.39, 0.29) is 6.54 Å². The first-order valence-corrected chi connectivity index (χ1v) is 6.48. The van der Waals surface area contributed by atoms with Crippen LogP contribution in [-0.4, -0.2) is 27.1 Å². The number of hydrogen-bond donors (Lipinski definition) is 1. The molecule has 0 heterocycles. The van der Waals surface area contributed by atoms with Gasteiger partial charge in [0.2, 0.25) is 15.9 Å². The molecule has 5 nitrogen and oxygen atoms in total. The summed E-state index contributed by atoms with van der Waals surface area (Å²) in [6.45, 7) is 1.55. The summed E-state index contributed by atoms with van der Waals surface area (Å²) in [7, 11) is -3.49. The lowest BCUT2D eigenvalue weighted by Gasteiger charge is -2.20. The summed E-state index contributed by atoms with van der Waals surface area (Å²) < 4.78 is 23.9. The zero-order chi connectivity index (χ0) is 12.3. The molecule has 0 saturated carbocycles. The maximum atomic E-state index is 11.5. The molecule has 0 unspecified atom stereocenters. The molecule has 0 aliphatic heterocycles. The average Bonchev–Trinajstić information content (AvgIpc) is 2.14. The summed E-state index contributed by atoms with van der Waals surface area (Å²) in [5.41, 5.74) is 6.46. The second-order valence-corrected chi connectivity index (χ2v) is 5.48.